The molecule has 0 saturated heterocycles. The van der Waals surface area contributed by atoms with Gasteiger partial charge in [0, 0.05) is 30.8 Å². The average molecular weight is 549 g/mol. The van der Waals surface area contributed by atoms with Crippen LogP contribution >= 0.6 is 7.37 Å². The number of rotatable bonds is 9. The molecule has 1 aliphatic carbocycles. The molecular weight excluding hydrogens is 507 g/mol. The number of anilines is 2. The van der Waals surface area contributed by atoms with Gasteiger partial charge in [-0.15, -0.1) is 0 Å². The Bertz CT molecular complexity index is 1300. The van der Waals surface area contributed by atoms with Gasteiger partial charge in [-0.3, -0.25) is 4.57 Å². The SMILES string of the molecule is CC(C)[C@H]1CC[C@@H](C)C[C@H]1O[P@@](=O)(c1ccc(N(C)C)cc1)[C@H](Nc1ccccc1)c1ccc2c(c1)OCO2. The predicted molar refractivity (Wildman–Crippen MR) is 160 cm³/mol. The van der Waals surface area contributed by atoms with E-state index in [4.69, 9.17) is 14.0 Å². The zero-order chi connectivity index (χ0) is 27.6. The first-order valence-corrected chi connectivity index (χ1v) is 15.7. The van der Waals surface area contributed by atoms with Crippen LogP contribution < -0.4 is 25.0 Å². The van der Waals surface area contributed by atoms with Gasteiger partial charge in [0.2, 0.25) is 6.79 Å². The first-order chi connectivity index (χ1) is 18.7. The van der Waals surface area contributed by atoms with Crippen molar-refractivity contribution in [2.75, 3.05) is 31.1 Å². The van der Waals surface area contributed by atoms with Crippen LogP contribution in [0.5, 0.6) is 11.5 Å². The molecule has 1 fully saturated rings. The van der Waals surface area contributed by atoms with Crippen molar-refractivity contribution in [3.8, 4) is 11.5 Å². The Morgan fingerprint density at radius 1 is 0.949 bits per heavy atom. The maximum absolute atomic E-state index is 15.7. The van der Waals surface area contributed by atoms with Crippen LogP contribution in [0.2, 0.25) is 0 Å². The Kier molecular flexibility index (Phi) is 8.25. The highest BCUT2D eigenvalue weighted by molar-refractivity contribution is 7.67. The monoisotopic (exact) mass is 548 g/mol. The van der Waals surface area contributed by atoms with Gasteiger partial charge in [-0.25, -0.2) is 0 Å². The lowest BCUT2D eigenvalue weighted by molar-refractivity contribution is 0.0489. The summed E-state index contributed by atoms with van der Waals surface area (Å²) in [5.74, 6) is 2.06. The molecular formula is C32H41N2O4P. The van der Waals surface area contributed by atoms with Crippen molar-refractivity contribution >= 4 is 24.0 Å². The van der Waals surface area contributed by atoms with Crippen LogP contribution in [0, 0.1) is 17.8 Å². The van der Waals surface area contributed by atoms with Gasteiger partial charge >= 0.3 is 0 Å². The third-order valence-electron chi connectivity index (χ3n) is 8.11. The Morgan fingerprint density at radius 3 is 2.36 bits per heavy atom. The molecule has 0 unspecified atom stereocenters. The molecule has 3 aromatic carbocycles. The zero-order valence-electron chi connectivity index (χ0n) is 23.7. The fourth-order valence-corrected chi connectivity index (χ4v) is 8.43. The van der Waals surface area contributed by atoms with Crippen molar-refractivity contribution in [2.24, 2.45) is 17.8 Å². The van der Waals surface area contributed by atoms with Crippen LogP contribution in [0.1, 0.15) is 51.4 Å². The van der Waals surface area contributed by atoms with Crippen molar-refractivity contribution in [2.45, 2.75) is 51.9 Å². The van der Waals surface area contributed by atoms with Gasteiger partial charge in [0.1, 0.15) is 5.78 Å². The van der Waals surface area contributed by atoms with E-state index >= 15 is 4.57 Å². The van der Waals surface area contributed by atoms with Gasteiger partial charge in [-0.05, 0) is 84.7 Å². The summed E-state index contributed by atoms with van der Waals surface area (Å²) in [6.07, 6.45) is 3.08. The van der Waals surface area contributed by atoms with E-state index in [0.29, 0.717) is 34.6 Å². The lowest BCUT2D eigenvalue weighted by atomic mass is 9.75. The standard InChI is InChI=1S/C32H41N2O4P/c1-22(2)28-17-11-23(3)19-30(28)38-39(35,27-15-13-26(14-16-27)34(4)5)32(33-25-9-7-6-8-10-25)24-12-18-29-31(20-24)37-21-36-29/h6-10,12-16,18,20,22-23,28,30,32-33H,11,17,19,21H2,1-5H3/t23-,28-,30-,32+,39+/m1/s1. The molecule has 1 heterocycles. The average Bonchev–Trinajstić information content (AvgIpc) is 3.40. The molecule has 0 amide bonds. The van der Waals surface area contributed by atoms with Crippen LogP contribution in [-0.4, -0.2) is 27.0 Å². The second-order valence-corrected chi connectivity index (χ2v) is 13.9. The van der Waals surface area contributed by atoms with Crippen molar-refractivity contribution in [3.63, 3.8) is 0 Å². The van der Waals surface area contributed by atoms with E-state index in [1.807, 2.05) is 91.8 Å². The molecule has 2 aliphatic rings. The topological polar surface area (TPSA) is 60.0 Å². The summed E-state index contributed by atoms with van der Waals surface area (Å²) >= 11 is 0. The zero-order valence-corrected chi connectivity index (χ0v) is 24.6. The van der Waals surface area contributed by atoms with E-state index in [2.05, 4.69) is 26.1 Å². The van der Waals surface area contributed by atoms with E-state index in [0.717, 1.165) is 29.8 Å². The Morgan fingerprint density at radius 2 is 1.67 bits per heavy atom. The molecule has 0 spiro atoms. The van der Waals surface area contributed by atoms with Crippen LogP contribution in [0.3, 0.4) is 0 Å². The second kappa shape index (κ2) is 11.7. The van der Waals surface area contributed by atoms with Gasteiger partial charge in [0.05, 0.1) is 6.10 Å². The number of fused-ring (bicyclic) bond motifs is 1. The largest absolute Gasteiger partial charge is 0.454 e. The molecule has 6 nitrogen and oxygen atoms in total. The molecule has 0 aromatic heterocycles. The van der Waals surface area contributed by atoms with E-state index in [-0.39, 0.29) is 12.9 Å². The van der Waals surface area contributed by atoms with Crippen LogP contribution in [0.4, 0.5) is 11.4 Å². The molecule has 208 valence electrons. The maximum atomic E-state index is 15.7. The second-order valence-electron chi connectivity index (χ2n) is 11.5. The minimum Gasteiger partial charge on any atom is -0.454 e. The molecule has 39 heavy (non-hydrogen) atoms. The Balaban J connectivity index is 1.64. The smallest absolute Gasteiger partial charge is 0.258 e. The summed E-state index contributed by atoms with van der Waals surface area (Å²) in [6, 6.07) is 23.7. The molecule has 1 saturated carbocycles. The van der Waals surface area contributed by atoms with Gasteiger partial charge < -0.3 is 24.2 Å². The highest BCUT2D eigenvalue weighted by Gasteiger charge is 2.44. The summed E-state index contributed by atoms with van der Waals surface area (Å²) in [6.45, 7) is 6.98. The van der Waals surface area contributed by atoms with Crippen molar-refractivity contribution < 1.29 is 18.6 Å². The lowest BCUT2D eigenvalue weighted by Crippen LogP contribution is -2.35. The van der Waals surface area contributed by atoms with Crippen LogP contribution in [0.25, 0.3) is 0 Å². The third-order valence-corrected chi connectivity index (χ3v) is 10.8. The van der Waals surface area contributed by atoms with E-state index in [9.17, 15) is 0 Å². The number of nitrogens with zero attached hydrogens (tertiary/aromatic N) is 1. The maximum Gasteiger partial charge on any atom is 0.258 e. The molecule has 5 rings (SSSR count). The fraction of sp³-hybridized carbons (Fsp3) is 0.438. The van der Waals surface area contributed by atoms with Crippen molar-refractivity contribution in [1.29, 1.82) is 0 Å². The number of nitrogens with one attached hydrogen (secondary N) is 1. The first-order valence-electron chi connectivity index (χ1n) is 14.0. The minimum absolute atomic E-state index is 0.0952. The number of para-hydroxylation sites is 1. The quantitative estimate of drug-likeness (QED) is 0.277. The summed E-state index contributed by atoms with van der Waals surface area (Å²) in [4.78, 5) is 2.05. The molecule has 1 N–H and O–H groups in total. The van der Waals surface area contributed by atoms with E-state index < -0.39 is 13.2 Å². The summed E-state index contributed by atoms with van der Waals surface area (Å²) in [5.41, 5.74) is 2.77. The molecule has 0 radical (unpaired) electrons. The fourth-order valence-electron chi connectivity index (χ4n) is 5.81. The van der Waals surface area contributed by atoms with Gasteiger partial charge in [-0.1, -0.05) is 51.5 Å². The number of benzene rings is 3. The molecule has 5 atom stereocenters. The van der Waals surface area contributed by atoms with E-state index in [1.165, 1.54) is 6.42 Å². The van der Waals surface area contributed by atoms with Gasteiger partial charge in [0.15, 0.2) is 11.5 Å². The van der Waals surface area contributed by atoms with Crippen molar-refractivity contribution in [1.82, 2.24) is 0 Å². The number of ether oxygens (including phenoxy) is 2. The molecule has 0 bridgehead atoms. The highest BCUT2D eigenvalue weighted by atomic mass is 31.2. The summed E-state index contributed by atoms with van der Waals surface area (Å²) < 4.78 is 34.0. The normalized spacial score (nSPS) is 22.8. The molecule has 3 aromatic rings. The van der Waals surface area contributed by atoms with Gasteiger partial charge in [0.25, 0.3) is 7.37 Å². The van der Waals surface area contributed by atoms with E-state index in [1.54, 1.807) is 0 Å². The number of hydrogen-bond donors (Lipinski definition) is 1. The Labute approximate surface area is 233 Å². The van der Waals surface area contributed by atoms with Crippen LogP contribution in [-0.2, 0) is 9.09 Å². The summed E-state index contributed by atoms with van der Waals surface area (Å²) in [7, 11) is 0.474. The third kappa shape index (κ3) is 5.97. The lowest BCUT2D eigenvalue weighted by Gasteiger charge is -2.41. The predicted octanol–water partition coefficient (Wildman–Crippen LogP) is 7.67. The van der Waals surface area contributed by atoms with Crippen LogP contribution in [0.15, 0.2) is 72.8 Å². The molecule has 1 aliphatic heterocycles. The summed E-state index contributed by atoms with van der Waals surface area (Å²) in [5, 5.41) is 4.32. The highest BCUT2D eigenvalue weighted by Crippen LogP contribution is 2.62. The van der Waals surface area contributed by atoms with Gasteiger partial charge in [-0.2, -0.15) is 0 Å². The molecule has 7 heteroatoms. The first kappa shape index (κ1) is 27.6. The van der Waals surface area contributed by atoms with Crippen molar-refractivity contribution in [3.05, 3.63) is 78.4 Å². The minimum atomic E-state index is -3.54. The number of hydrogen-bond acceptors (Lipinski definition) is 6. The Hall–Kier alpha value is -2.95.